The van der Waals surface area contributed by atoms with E-state index >= 15 is 0 Å². The zero-order valence-electron chi connectivity index (χ0n) is 9.08. The molecule has 0 saturated carbocycles. The number of methoxy groups -OCH3 is 2. The standard InChI is InChI=1S/C9H17N3O3/c1-14-7-8(15-2)5-11-6-9(13)12-4-3-10/h8,11H,4-7H2,1-2H3,(H,12,13). The number of nitrogens with one attached hydrogen (secondary N) is 2. The van der Waals surface area contributed by atoms with Crippen LogP contribution in [-0.4, -0.2) is 52.5 Å². The monoisotopic (exact) mass is 215 g/mol. The number of hydrogen-bond donors (Lipinski definition) is 2. The van der Waals surface area contributed by atoms with Crippen molar-refractivity contribution in [3.8, 4) is 6.07 Å². The van der Waals surface area contributed by atoms with Crippen LogP contribution in [0.5, 0.6) is 0 Å². The van der Waals surface area contributed by atoms with Gasteiger partial charge in [0.1, 0.15) is 6.54 Å². The number of rotatable bonds is 8. The maximum atomic E-state index is 11.0. The Morgan fingerprint density at radius 1 is 1.53 bits per heavy atom. The number of amides is 1. The molecule has 0 aromatic carbocycles. The third kappa shape index (κ3) is 7.88. The molecule has 6 nitrogen and oxygen atoms in total. The van der Waals surface area contributed by atoms with Gasteiger partial charge in [-0.05, 0) is 0 Å². The molecule has 0 bridgehead atoms. The predicted molar refractivity (Wildman–Crippen MR) is 54.2 cm³/mol. The van der Waals surface area contributed by atoms with E-state index in [2.05, 4.69) is 10.6 Å². The summed E-state index contributed by atoms with van der Waals surface area (Å²) in [6.07, 6.45) is -0.0706. The first kappa shape index (κ1) is 13.8. The smallest absolute Gasteiger partial charge is 0.234 e. The van der Waals surface area contributed by atoms with E-state index in [4.69, 9.17) is 14.7 Å². The van der Waals surface area contributed by atoms with Gasteiger partial charge in [-0.3, -0.25) is 4.79 Å². The van der Waals surface area contributed by atoms with Gasteiger partial charge in [0.25, 0.3) is 0 Å². The summed E-state index contributed by atoms with van der Waals surface area (Å²) in [7, 11) is 3.17. The van der Waals surface area contributed by atoms with E-state index in [0.717, 1.165) is 0 Å². The van der Waals surface area contributed by atoms with Crippen molar-refractivity contribution in [2.45, 2.75) is 6.10 Å². The Bertz CT molecular complexity index is 215. The molecule has 0 spiro atoms. The van der Waals surface area contributed by atoms with Crippen molar-refractivity contribution >= 4 is 5.91 Å². The normalized spacial score (nSPS) is 11.8. The zero-order valence-corrected chi connectivity index (χ0v) is 9.08. The van der Waals surface area contributed by atoms with Crippen LogP contribution < -0.4 is 10.6 Å². The molecule has 0 aromatic heterocycles. The Morgan fingerprint density at radius 2 is 2.27 bits per heavy atom. The maximum absolute atomic E-state index is 11.0. The van der Waals surface area contributed by atoms with Crippen LogP contribution in [0.2, 0.25) is 0 Å². The maximum Gasteiger partial charge on any atom is 0.234 e. The molecule has 0 aliphatic heterocycles. The van der Waals surface area contributed by atoms with E-state index in [1.54, 1.807) is 14.2 Å². The minimum Gasteiger partial charge on any atom is -0.382 e. The number of nitriles is 1. The van der Waals surface area contributed by atoms with Crippen LogP contribution in [0.1, 0.15) is 0 Å². The van der Waals surface area contributed by atoms with Crippen LogP contribution in [-0.2, 0) is 14.3 Å². The largest absolute Gasteiger partial charge is 0.382 e. The SMILES string of the molecule is COCC(CNCC(=O)NCC#N)OC. The van der Waals surface area contributed by atoms with E-state index in [-0.39, 0.29) is 25.1 Å². The number of nitrogens with zero attached hydrogens (tertiary/aromatic N) is 1. The number of carbonyl (C=O) groups is 1. The van der Waals surface area contributed by atoms with Gasteiger partial charge in [0.05, 0.1) is 25.3 Å². The van der Waals surface area contributed by atoms with E-state index in [0.29, 0.717) is 13.2 Å². The number of ether oxygens (including phenoxy) is 2. The molecule has 0 radical (unpaired) electrons. The highest BCUT2D eigenvalue weighted by Crippen LogP contribution is 1.87. The Labute approximate surface area is 89.5 Å². The van der Waals surface area contributed by atoms with Gasteiger partial charge in [-0.15, -0.1) is 0 Å². The summed E-state index contributed by atoms with van der Waals surface area (Å²) >= 11 is 0. The average molecular weight is 215 g/mol. The minimum absolute atomic E-state index is 0.0340. The predicted octanol–water partition coefficient (Wildman–Crippen LogP) is -1.12. The molecule has 0 aliphatic rings. The lowest BCUT2D eigenvalue weighted by molar-refractivity contribution is -0.120. The Kier molecular flexibility index (Phi) is 8.67. The van der Waals surface area contributed by atoms with Gasteiger partial charge in [-0.25, -0.2) is 0 Å². The number of hydrogen-bond acceptors (Lipinski definition) is 5. The molecule has 1 amide bonds. The fourth-order valence-corrected chi connectivity index (χ4v) is 0.943. The van der Waals surface area contributed by atoms with Crippen molar-refractivity contribution in [1.82, 2.24) is 10.6 Å². The molecule has 0 fully saturated rings. The highest BCUT2D eigenvalue weighted by molar-refractivity contribution is 5.78. The van der Waals surface area contributed by atoms with Crippen LogP contribution >= 0.6 is 0 Å². The van der Waals surface area contributed by atoms with E-state index in [1.807, 2.05) is 6.07 Å². The third-order valence-electron chi connectivity index (χ3n) is 1.71. The van der Waals surface area contributed by atoms with Crippen LogP contribution in [0, 0.1) is 11.3 Å². The van der Waals surface area contributed by atoms with Crippen molar-refractivity contribution in [3.63, 3.8) is 0 Å². The third-order valence-corrected chi connectivity index (χ3v) is 1.71. The van der Waals surface area contributed by atoms with Crippen LogP contribution in [0.4, 0.5) is 0 Å². The molecule has 86 valence electrons. The number of carbonyl (C=O) groups excluding carboxylic acids is 1. The minimum atomic E-state index is -0.205. The summed E-state index contributed by atoms with van der Waals surface area (Å²) in [4.78, 5) is 11.0. The second-order valence-corrected chi connectivity index (χ2v) is 2.88. The first-order chi connectivity index (χ1) is 7.24. The molecular weight excluding hydrogens is 198 g/mol. The van der Waals surface area contributed by atoms with Gasteiger partial charge in [0, 0.05) is 20.8 Å². The molecule has 0 rings (SSSR count). The van der Waals surface area contributed by atoms with Gasteiger partial charge in [-0.2, -0.15) is 5.26 Å². The van der Waals surface area contributed by atoms with Gasteiger partial charge < -0.3 is 20.1 Å². The highest BCUT2D eigenvalue weighted by atomic mass is 16.5. The summed E-state index contributed by atoms with van der Waals surface area (Å²) in [5, 5.41) is 13.5. The quantitative estimate of drug-likeness (QED) is 0.501. The highest BCUT2D eigenvalue weighted by Gasteiger charge is 2.07. The topological polar surface area (TPSA) is 83.4 Å². The lowest BCUT2D eigenvalue weighted by Crippen LogP contribution is -2.39. The summed E-state index contributed by atoms with van der Waals surface area (Å²) in [5.41, 5.74) is 0. The molecule has 0 aromatic rings. The van der Waals surface area contributed by atoms with Crippen molar-refractivity contribution in [2.75, 3.05) is 40.5 Å². The van der Waals surface area contributed by atoms with Crippen LogP contribution in [0.25, 0.3) is 0 Å². The molecule has 0 heterocycles. The molecule has 15 heavy (non-hydrogen) atoms. The first-order valence-corrected chi connectivity index (χ1v) is 4.60. The van der Waals surface area contributed by atoms with Gasteiger partial charge in [-0.1, -0.05) is 0 Å². The Balaban J connectivity index is 3.50. The van der Waals surface area contributed by atoms with Gasteiger partial charge in [0.2, 0.25) is 5.91 Å². The van der Waals surface area contributed by atoms with E-state index in [1.165, 1.54) is 0 Å². The molecule has 2 N–H and O–H groups in total. The molecule has 0 saturated heterocycles. The van der Waals surface area contributed by atoms with Gasteiger partial charge >= 0.3 is 0 Å². The van der Waals surface area contributed by atoms with Crippen molar-refractivity contribution in [1.29, 1.82) is 5.26 Å². The van der Waals surface area contributed by atoms with E-state index in [9.17, 15) is 4.79 Å². The fraction of sp³-hybridized carbons (Fsp3) is 0.778. The second-order valence-electron chi connectivity index (χ2n) is 2.88. The van der Waals surface area contributed by atoms with E-state index < -0.39 is 0 Å². The Hall–Kier alpha value is -1.16. The Morgan fingerprint density at radius 3 is 2.80 bits per heavy atom. The van der Waals surface area contributed by atoms with Crippen LogP contribution in [0.15, 0.2) is 0 Å². The molecule has 6 heteroatoms. The first-order valence-electron chi connectivity index (χ1n) is 4.60. The summed E-state index contributed by atoms with van der Waals surface area (Å²) in [6.45, 7) is 1.21. The lowest BCUT2D eigenvalue weighted by Gasteiger charge is -2.14. The molecule has 1 unspecified atom stereocenters. The van der Waals surface area contributed by atoms with Crippen molar-refractivity contribution in [2.24, 2.45) is 0 Å². The molecule has 1 atom stereocenters. The average Bonchev–Trinajstić information content (AvgIpc) is 2.25. The zero-order chi connectivity index (χ0) is 11.5. The molecule has 0 aliphatic carbocycles. The van der Waals surface area contributed by atoms with Crippen molar-refractivity contribution in [3.05, 3.63) is 0 Å². The summed E-state index contributed by atoms with van der Waals surface area (Å²) < 4.78 is 9.99. The summed E-state index contributed by atoms with van der Waals surface area (Å²) in [5.74, 6) is -0.205. The fourth-order valence-electron chi connectivity index (χ4n) is 0.943. The lowest BCUT2D eigenvalue weighted by atomic mass is 10.3. The van der Waals surface area contributed by atoms with Crippen LogP contribution in [0.3, 0.4) is 0 Å². The van der Waals surface area contributed by atoms with Crippen molar-refractivity contribution < 1.29 is 14.3 Å². The summed E-state index contributed by atoms with van der Waals surface area (Å²) in [6, 6.07) is 1.82. The second kappa shape index (κ2) is 9.40. The molecular formula is C9H17N3O3. The van der Waals surface area contributed by atoms with Gasteiger partial charge in [0.15, 0.2) is 0 Å².